The van der Waals surface area contributed by atoms with Gasteiger partial charge in [0.05, 0.1) is 6.61 Å². The molecule has 0 aliphatic heterocycles. The first-order chi connectivity index (χ1) is 4.66. The Morgan fingerprint density at radius 2 is 2.10 bits per heavy atom. The first-order valence-electron chi connectivity index (χ1n) is 2.95. The Hall–Kier alpha value is -0.640. The summed E-state index contributed by atoms with van der Waals surface area (Å²) in [6.45, 7) is 3.74. The van der Waals surface area contributed by atoms with E-state index in [9.17, 15) is 4.79 Å². The molecule has 0 aromatic rings. The van der Waals surface area contributed by atoms with Crippen molar-refractivity contribution < 1.29 is 14.3 Å². The van der Waals surface area contributed by atoms with Crippen LogP contribution in [0.3, 0.4) is 0 Å². The molecule has 0 radical (unpaired) electrons. The molecule has 0 aliphatic rings. The summed E-state index contributed by atoms with van der Waals surface area (Å²) < 4.78 is 9.40. The SMILES string of the molecule is CCOC(=S)COC(C)=O. The zero-order chi connectivity index (χ0) is 7.98. The van der Waals surface area contributed by atoms with E-state index in [0.29, 0.717) is 11.7 Å². The molecule has 0 spiro atoms. The van der Waals surface area contributed by atoms with Gasteiger partial charge < -0.3 is 9.47 Å². The van der Waals surface area contributed by atoms with E-state index in [0.717, 1.165) is 0 Å². The Bertz CT molecular complexity index is 133. The molecule has 0 saturated carbocycles. The summed E-state index contributed by atoms with van der Waals surface area (Å²) in [5.74, 6) is -0.345. The van der Waals surface area contributed by atoms with Crippen molar-refractivity contribution in [2.45, 2.75) is 13.8 Å². The van der Waals surface area contributed by atoms with Crippen LogP contribution in [-0.4, -0.2) is 24.2 Å². The predicted molar refractivity (Wildman–Crippen MR) is 40.9 cm³/mol. The van der Waals surface area contributed by atoms with Crippen LogP contribution in [0.5, 0.6) is 0 Å². The van der Waals surface area contributed by atoms with Crippen LogP contribution in [0.25, 0.3) is 0 Å². The van der Waals surface area contributed by atoms with Crippen molar-refractivity contribution in [2.24, 2.45) is 0 Å². The number of hydrogen-bond donors (Lipinski definition) is 0. The Morgan fingerprint density at radius 1 is 1.50 bits per heavy atom. The van der Waals surface area contributed by atoms with Crippen LogP contribution in [0, 0.1) is 0 Å². The van der Waals surface area contributed by atoms with Crippen molar-refractivity contribution in [3.63, 3.8) is 0 Å². The minimum Gasteiger partial charge on any atom is -0.484 e. The molecule has 0 N–H and O–H groups in total. The highest BCUT2D eigenvalue weighted by Crippen LogP contribution is 1.84. The monoisotopic (exact) mass is 162 g/mol. The average molecular weight is 162 g/mol. The molecule has 3 nitrogen and oxygen atoms in total. The van der Waals surface area contributed by atoms with Crippen molar-refractivity contribution in [1.82, 2.24) is 0 Å². The van der Waals surface area contributed by atoms with E-state index in [1.165, 1.54) is 6.92 Å². The topological polar surface area (TPSA) is 35.5 Å². The molecular weight excluding hydrogens is 152 g/mol. The molecule has 0 aromatic heterocycles. The quantitative estimate of drug-likeness (QED) is 0.456. The van der Waals surface area contributed by atoms with Gasteiger partial charge in [0.25, 0.3) is 0 Å². The number of hydrogen-bond acceptors (Lipinski definition) is 4. The van der Waals surface area contributed by atoms with Crippen LogP contribution in [0.4, 0.5) is 0 Å². The zero-order valence-corrected chi connectivity index (χ0v) is 6.86. The van der Waals surface area contributed by atoms with Gasteiger partial charge >= 0.3 is 5.97 Å². The van der Waals surface area contributed by atoms with Gasteiger partial charge in [-0.25, -0.2) is 0 Å². The van der Waals surface area contributed by atoms with Gasteiger partial charge in [0.15, 0.2) is 11.7 Å². The van der Waals surface area contributed by atoms with Crippen LogP contribution in [0.2, 0.25) is 0 Å². The fraction of sp³-hybridized carbons (Fsp3) is 0.667. The molecule has 10 heavy (non-hydrogen) atoms. The molecule has 0 heterocycles. The van der Waals surface area contributed by atoms with Gasteiger partial charge in [-0.2, -0.15) is 0 Å². The summed E-state index contributed by atoms with van der Waals surface area (Å²) >= 11 is 4.67. The zero-order valence-electron chi connectivity index (χ0n) is 6.05. The van der Waals surface area contributed by atoms with Gasteiger partial charge in [0, 0.05) is 6.92 Å². The largest absolute Gasteiger partial charge is 0.484 e. The average Bonchev–Trinajstić information content (AvgIpc) is 1.85. The van der Waals surface area contributed by atoms with Gasteiger partial charge in [-0.15, -0.1) is 0 Å². The van der Waals surface area contributed by atoms with E-state index in [4.69, 9.17) is 4.74 Å². The molecule has 0 bridgehead atoms. The fourth-order valence-electron chi connectivity index (χ4n) is 0.363. The lowest BCUT2D eigenvalue weighted by Gasteiger charge is -2.03. The smallest absolute Gasteiger partial charge is 0.303 e. The molecule has 0 atom stereocenters. The summed E-state index contributed by atoms with van der Waals surface area (Å²) in [6, 6.07) is 0. The fourth-order valence-corrected chi connectivity index (χ4v) is 0.540. The van der Waals surface area contributed by atoms with E-state index in [2.05, 4.69) is 17.0 Å². The lowest BCUT2D eigenvalue weighted by Crippen LogP contribution is -2.12. The van der Waals surface area contributed by atoms with Crippen LogP contribution in [-0.2, 0) is 14.3 Å². The van der Waals surface area contributed by atoms with Crippen LogP contribution >= 0.6 is 12.2 Å². The molecule has 0 fully saturated rings. The second-order valence-electron chi connectivity index (χ2n) is 1.59. The number of esters is 1. The van der Waals surface area contributed by atoms with Crippen LogP contribution in [0.15, 0.2) is 0 Å². The molecule has 0 aliphatic carbocycles. The summed E-state index contributed by atoms with van der Waals surface area (Å²) in [7, 11) is 0. The number of carbonyl (C=O) groups is 1. The molecular formula is C6H10O3S. The standard InChI is InChI=1S/C6H10O3S/c1-3-8-6(10)4-9-5(2)7/h3-4H2,1-2H3. The predicted octanol–water partition coefficient (Wildman–Crippen LogP) is 0.913. The minimum absolute atomic E-state index is 0.0819. The normalized spacial score (nSPS) is 8.60. The number of thiocarbonyl (C=S) groups is 1. The highest BCUT2D eigenvalue weighted by atomic mass is 32.1. The van der Waals surface area contributed by atoms with Crippen LogP contribution < -0.4 is 0 Å². The van der Waals surface area contributed by atoms with E-state index in [-0.39, 0.29) is 12.6 Å². The van der Waals surface area contributed by atoms with Gasteiger partial charge in [0.1, 0.15) is 0 Å². The van der Waals surface area contributed by atoms with E-state index in [1.54, 1.807) is 0 Å². The van der Waals surface area contributed by atoms with Gasteiger partial charge in [-0.3, -0.25) is 4.79 Å². The summed E-state index contributed by atoms with van der Waals surface area (Å²) in [5.41, 5.74) is 0. The van der Waals surface area contributed by atoms with Crippen molar-refractivity contribution in [2.75, 3.05) is 13.2 Å². The second-order valence-corrected chi connectivity index (χ2v) is 2.04. The van der Waals surface area contributed by atoms with Crippen molar-refractivity contribution in [3.05, 3.63) is 0 Å². The highest BCUT2D eigenvalue weighted by molar-refractivity contribution is 7.80. The third kappa shape index (κ3) is 5.50. The number of carbonyl (C=O) groups excluding carboxylic acids is 1. The third-order valence-electron chi connectivity index (χ3n) is 0.699. The second kappa shape index (κ2) is 5.17. The molecule has 0 rings (SSSR count). The van der Waals surface area contributed by atoms with E-state index < -0.39 is 0 Å². The number of rotatable bonds is 3. The molecule has 0 unspecified atom stereocenters. The number of ether oxygens (including phenoxy) is 2. The molecule has 0 aromatic carbocycles. The Labute approximate surface area is 65.3 Å². The van der Waals surface area contributed by atoms with Crippen LogP contribution in [0.1, 0.15) is 13.8 Å². The maximum Gasteiger partial charge on any atom is 0.303 e. The van der Waals surface area contributed by atoms with Gasteiger partial charge in [-0.1, -0.05) is 0 Å². The Balaban J connectivity index is 3.30. The van der Waals surface area contributed by atoms with Crippen molar-refractivity contribution in [1.29, 1.82) is 0 Å². The Kier molecular flexibility index (Phi) is 4.84. The molecule has 58 valence electrons. The van der Waals surface area contributed by atoms with Crippen molar-refractivity contribution >= 4 is 23.2 Å². The first-order valence-corrected chi connectivity index (χ1v) is 3.36. The summed E-state index contributed by atoms with van der Waals surface area (Å²) in [5, 5.41) is 0.317. The molecule has 0 saturated heterocycles. The van der Waals surface area contributed by atoms with Gasteiger partial charge in [-0.05, 0) is 19.1 Å². The molecule has 4 heteroatoms. The Morgan fingerprint density at radius 3 is 2.50 bits per heavy atom. The molecule has 0 amide bonds. The summed E-state index contributed by atoms with van der Waals surface area (Å²) in [6.07, 6.45) is 0. The van der Waals surface area contributed by atoms with E-state index in [1.807, 2.05) is 6.92 Å². The lowest BCUT2D eigenvalue weighted by atomic mass is 10.7. The maximum absolute atomic E-state index is 10.2. The minimum atomic E-state index is -0.345. The lowest BCUT2D eigenvalue weighted by molar-refractivity contribution is -0.139. The maximum atomic E-state index is 10.2. The highest BCUT2D eigenvalue weighted by Gasteiger charge is 1.97. The van der Waals surface area contributed by atoms with Gasteiger partial charge in [0.2, 0.25) is 0 Å². The first kappa shape index (κ1) is 9.36. The summed E-state index contributed by atoms with van der Waals surface area (Å²) in [4.78, 5) is 10.2. The van der Waals surface area contributed by atoms with E-state index >= 15 is 0 Å². The third-order valence-corrected chi connectivity index (χ3v) is 0.934. The van der Waals surface area contributed by atoms with Crippen molar-refractivity contribution in [3.8, 4) is 0 Å².